The average molecular weight is 275 g/mol. The first-order valence-corrected chi connectivity index (χ1v) is 7.40. The molecule has 1 aromatic rings. The molecule has 20 heavy (non-hydrogen) atoms. The number of ether oxygens (including phenoxy) is 2. The van der Waals surface area contributed by atoms with Crippen molar-refractivity contribution in [2.45, 2.75) is 45.1 Å². The van der Waals surface area contributed by atoms with E-state index in [2.05, 4.69) is 18.7 Å². The summed E-state index contributed by atoms with van der Waals surface area (Å²) >= 11 is 0. The van der Waals surface area contributed by atoms with Crippen LogP contribution in [0.25, 0.3) is 0 Å². The van der Waals surface area contributed by atoms with Crippen LogP contribution >= 0.6 is 0 Å². The van der Waals surface area contributed by atoms with Gasteiger partial charge in [-0.3, -0.25) is 4.90 Å². The van der Waals surface area contributed by atoms with Crippen LogP contribution in [0.5, 0.6) is 0 Å². The number of fused-ring (bicyclic) bond motifs is 1. The van der Waals surface area contributed by atoms with Gasteiger partial charge in [0.2, 0.25) is 6.29 Å². The maximum absolute atomic E-state index is 11.8. The minimum atomic E-state index is -0.548. The summed E-state index contributed by atoms with van der Waals surface area (Å²) in [5.41, 5.74) is 1.48. The van der Waals surface area contributed by atoms with Crippen LogP contribution in [0.2, 0.25) is 0 Å². The number of likely N-dealkylation sites (tertiary alicyclic amines) is 1. The Morgan fingerprint density at radius 1 is 1.45 bits per heavy atom. The molecule has 1 saturated heterocycles. The summed E-state index contributed by atoms with van der Waals surface area (Å²) in [4.78, 5) is 14.2. The van der Waals surface area contributed by atoms with Crippen LogP contribution in [0, 0.1) is 0 Å². The summed E-state index contributed by atoms with van der Waals surface area (Å²) in [5.74, 6) is -0.281. The number of rotatable bonds is 4. The molecule has 0 saturated carbocycles. The molecule has 4 heteroatoms. The maximum atomic E-state index is 11.8. The number of benzene rings is 1. The van der Waals surface area contributed by atoms with Crippen molar-refractivity contribution in [1.29, 1.82) is 0 Å². The third-order valence-corrected chi connectivity index (χ3v) is 4.35. The number of hydrogen-bond donors (Lipinski definition) is 0. The fourth-order valence-corrected chi connectivity index (χ4v) is 3.28. The van der Waals surface area contributed by atoms with E-state index >= 15 is 0 Å². The molecule has 0 spiro atoms. The molecule has 1 unspecified atom stereocenters. The standard InChI is InChI=1S/C16H21NO3/c1-3-17-10-6-9-14(17)11(2)19-16-13-8-5-4-7-12(13)15(18)20-16/h4-5,7-8,11,14,16H,3,6,9-10H2,1-2H3/t11-,14-,16?/m0/s1. The van der Waals surface area contributed by atoms with Gasteiger partial charge in [-0.2, -0.15) is 0 Å². The summed E-state index contributed by atoms with van der Waals surface area (Å²) < 4.78 is 11.4. The zero-order valence-corrected chi connectivity index (χ0v) is 12.0. The van der Waals surface area contributed by atoms with E-state index in [4.69, 9.17) is 9.47 Å². The van der Waals surface area contributed by atoms with Crippen LogP contribution in [0.15, 0.2) is 24.3 Å². The molecular formula is C16H21NO3. The van der Waals surface area contributed by atoms with Gasteiger partial charge in [0.15, 0.2) is 0 Å². The molecule has 2 aliphatic rings. The fourth-order valence-electron chi connectivity index (χ4n) is 3.28. The van der Waals surface area contributed by atoms with E-state index in [1.807, 2.05) is 18.2 Å². The molecule has 4 nitrogen and oxygen atoms in total. The van der Waals surface area contributed by atoms with Gasteiger partial charge in [0, 0.05) is 11.6 Å². The molecule has 3 rings (SSSR count). The molecule has 0 N–H and O–H groups in total. The molecule has 1 aromatic carbocycles. The lowest BCUT2D eigenvalue weighted by atomic mass is 10.1. The number of cyclic esters (lactones) is 1. The Labute approximate surface area is 119 Å². The van der Waals surface area contributed by atoms with Gasteiger partial charge < -0.3 is 9.47 Å². The average Bonchev–Trinajstić information content (AvgIpc) is 3.05. The van der Waals surface area contributed by atoms with Crippen LogP contribution in [0.1, 0.15) is 48.9 Å². The molecule has 1 fully saturated rings. The second kappa shape index (κ2) is 5.54. The molecule has 0 bridgehead atoms. The van der Waals surface area contributed by atoms with Crippen molar-refractivity contribution in [3.8, 4) is 0 Å². The van der Waals surface area contributed by atoms with E-state index in [-0.39, 0.29) is 12.1 Å². The first-order valence-electron chi connectivity index (χ1n) is 7.40. The quantitative estimate of drug-likeness (QED) is 0.792. The number of likely N-dealkylation sites (N-methyl/N-ethyl adjacent to an activating group) is 1. The largest absolute Gasteiger partial charge is 0.428 e. The van der Waals surface area contributed by atoms with Gasteiger partial charge in [-0.1, -0.05) is 25.1 Å². The predicted molar refractivity (Wildman–Crippen MR) is 75.4 cm³/mol. The summed E-state index contributed by atoms with van der Waals surface area (Å²) in [6, 6.07) is 7.88. The van der Waals surface area contributed by atoms with Gasteiger partial charge in [-0.15, -0.1) is 0 Å². The van der Waals surface area contributed by atoms with E-state index in [1.165, 1.54) is 6.42 Å². The van der Waals surface area contributed by atoms with Gasteiger partial charge in [-0.25, -0.2) is 4.79 Å². The van der Waals surface area contributed by atoms with Crippen molar-refractivity contribution >= 4 is 5.97 Å². The highest BCUT2D eigenvalue weighted by molar-refractivity contribution is 5.93. The smallest absolute Gasteiger partial charge is 0.341 e. The Balaban J connectivity index is 1.71. The lowest BCUT2D eigenvalue weighted by Gasteiger charge is -2.30. The molecular weight excluding hydrogens is 254 g/mol. The molecule has 108 valence electrons. The number of carbonyl (C=O) groups is 1. The summed E-state index contributed by atoms with van der Waals surface area (Å²) in [7, 11) is 0. The fraction of sp³-hybridized carbons (Fsp3) is 0.562. The highest BCUT2D eigenvalue weighted by Gasteiger charge is 2.36. The number of nitrogens with zero attached hydrogens (tertiary/aromatic N) is 1. The van der Waals surface area contributed by atoms with Crippen LogP contribution in [0.4, 0.5) is 0 Å². The third-order valence-electron chi connectivity index (χ3n) is 4.35. The predicted octanol–water partition coefficient (Wildman–Crippen LogP) is 2.75. The molecule has 0 aromatic heterocycles. The monoisotopic (exact) mass is 275 g/mol. The van der Waals surface area contributed by atoms with Crippen molar-refractivity contribution in [3.63, 3.8) is 0 Å². The van der Waals surface area contributed by atoms with Crippen molar-refractivity contribution in [2.75, 3.05) is 13.1 Å². The van der Waals surface area contributed by atoms with Crippen LogP contribution < -0.4 is 0 Å². The van der Waals surface area contributed by atoms with Crippen LogP contribution in [0.3, 0.4) is 0 Å². The lowest BCUT2D eigenvalue weighted by molar-refractivity contribution is -0.147. The van der Waals surface area contributed by atoms with Gasteiger partial charge in [0.05, 0.1) is 11.7 Å². The Hall–Kier alpha value is -1.39. The van der Waals surface area contributed by atoms with Crippen molar-refractivity contribution < 1.29 is 14.3 Å². The van der Waals surface area contributed by atoms with E-state index < -0.39 is 6.29 Å². The van der Waals surface area contributed by atoms with Crippen molar-refractivity contribution in [2.24, 2.45) is 0 Å². The zero-order chi connectivity index (χ0) is 14.1. The first kappa shape index (κ1) is 13.6. The Morgan fingerprint density at radius 3 is 3.05 bits per heavy atom. The van der Waals surface area contributed by atoms with E-state index in [0.29, 0.717) is 11.6 Å². The van der Waals surface area contributed by atoms with Crippen molar-refractivity contribution in [3.05, 3.63) is 35.4 Å². The lowest BCUT2D eigenvalue weighted by Crippen LogP contribution is -2.39. The molecule has 0 radical (unpaired) electrons. The SMILES string of the molecule is CCN1CCC[C@H]1[C@H](C)OC1OC(=O)c2ccccc21. The second-order valence-corrected chi connectivity index (χ2v) is 5.50. The minimum Gasteiger partial charge on any atom is -0.428 e. The summed E-state index contributed by atoms with van der Waals surface area (Å²) in [6.45, 7) is 6.43. The van der Waals surface area contributed by atoms with Crippen LogP contribution in [-0.4, -0.2) is 36.1 Å². The van der Waals surface area contributed by atoms with E-state index in [9.17, 15) is 4.79 Å². The van der Waals surface area contributed by atoms with Gasteiger partial charge >= 0.3 is 5.97 Å². The normalized spacial score (nSPS) is 27.4. The second-order valence-electron chi connectivity index (χ2n) is 5.50. The number of esters is 1. The van der Waals surface area contributed by atoms with E-state index in [1.54, 1.807) is 6.07 Å². The Bertz CT molecular complexity index is 502. The molecule has 0 aliphatic carbocycles. The van der Waals surface area contributed by atoms with Crippen LogP contribution in [-0.2, 0) is 9.47 Å². The Morgan fingerprint density at radius 2 is 2.25 bits per heavy atom. The minimum absolute atomic E-state index is 0.0569. The molecule has 2 aliphatic heterocycles. The highest BCUT2D eigenvalue weighted by Crippen LogP contribution is 2.34. The van der Waals surface area contributed by atoms with Crippen molar-refractivity contribution in [1.82, 2.24) is 4.90 Å². The number of hydrogen-bond acceptors (Lipinski definition) is 4. The zero-order valence-electron chi connectivity index (χ0n) is 12.0. The first-order chi connectivity index (χ1) is 9.70. The topological polar surface area (TPSA) is 38.8 Å². The molecule has 3 atom stereocenters. The third kappa shape index (κ3) is 2.34. The molecule has 0 amide bonds. The molecule has 2 heterocycles. The number of carbonyl (C=O) groups excluding carboxylic acids is 1. The van der Waals surface area contributed by atoms with Gasteiger partial charge in [0.1, 0.15) is 0 Å². The van der Waals surface area contributed by atoms with Gasteiger partial charge in [0.25, 0.3) is 0 Å². The maximum Gasteiger partial charge on any atom is 0.341 e. The van der Waals surface area contributed by atoms with E-state index in [0.717, 1.165) is 25.1 Å². The van der Waals surface area contributed by atoms with Gasteiger partial charge in [-0.05, 0) is 38.9 Å². The Kier molecular flexibility index (Phi) is 3.76. The summed E-state index contributed by atoms with van der Waals surface area (Å²) in [6.07, 6.45) is 1.87. The highest BCUT2D eigenvalue weighted by atomic mass is 16.7. The summed E-state index contributed by atoms with van der Waals surface area (Å²) in [5, 5.41) is 0.